The van der Waals surface area contributed by atoms with Crippen molar-refractivity contribution in [2.45, 2.75) is 50.3 Å². The van der Waals surface area contributed by atoms with E-state index in [0.717, 1.165) is 29.6 Å². The zero-order valence-electron chi connectivity index (χ0n) is 11.0. The van der Waals surface area contributed by atoms with Crippen molar-refractivity contribution in [2.75, 3.05) is 0 Å². The summed E-state index contributed by atoms with van der Waals surface area (Å²) in [6, 6.07) is 9.42. The van der Waals surface area contributed by atoms with Gasteiger partial charge in [-0.2, -0.15) is 0 Å². The average molecular weight is 257 g/mol. The Morgan fingerprint density at radius 1 is 1.11 bits per heavy atom. The van der Waals surface area contributed by atoms with Gasteiger partial charge in [0.05, 0.1) is 6.26 Å². The van der Waals surface area contributed by atoms with Crippen LogP contribution in [0.4, 0.5) is 0 Å². The topological polar surface area (TPSA) is 34.4 Å². The molecule has 3 heteroatoms. The molecule has 3 heterocycles. The number of nitrogens with one attached hydrogen (secondary N) is 1. The maximum Gasteiger partial charge on any atom is 0.137 e. The van der Waals surface area contributed by atoms with Crippen LogP contribution < -0.4 is 10.1 Å². The summed E-state index contributed by atoms with van der Waals surface area (Å²) < 4.78 is 11.6. The lowest BCUT2D eigenvalue weighted by Gasteiger charge is -2.40. The predicted octanol–water partition coefficient (Wildman–Crippen LogP) is 3.48. The molecule has 0 aliphatic carbocycles. The highest BCUT2D eigenvalue weighted by atomic mass is 16.5. The number of ether oxygens (including phenoxy) is 1. The van der Waals surface area contributed by atoms with E-state index in [2.05, 4.69) is 17.4 Å². The lowest BCUT2D eigenvalue weighted by Crippen LogP contribution is -2.51. The van der Waals surface area contributed by atoms with Gasteiger partial charge in [-0.1, -0.05) is 6.42 Å². The van der Waals surface area contributed by atoms with Gasteiger partial charge in [-0.3, -0.25) is 0 Å². The van der Waals surface area contributed by atoms with Crippen LogP contribution in [0.5, 0.6) is 5.75 Å². The summed E-state index contributed by atoms with van der Waals surface area (Å²) in [5, 5.41) is 4.83. The third kappa shape index (κ3) is 2.23. The Bertz CT molecular complexity index is 565. The Labute approximate surface area is 112 Å². The number of fused-ring (bicyclic) bond motifs is 3. The normalized spacial score (nSPS) is 30.4. The quantitative estimate of drug-likeness (QED) is 0.894. The van der Waals surface area contributed by atoms with Crippen LogP contribution in [0.3, 0.4) is 0 Å². The van der Waals surface area contributed by atoms with Crippen molar-refractivity contribution in [2.24, 2.45) is 0 Å². The molecule has 3 nitrogen and oxygen atoms in total. The van der Waals surface area contributed by atoms with Gasteiger partial charge in [0.25, 0.3) is 0 Å². The maximum absolute atomic E-state index is 6.17. The summed E-state index contributed by atoms with van der Waals surface area (Å²) >= 11 is 0. The molecule has 2 unspecified atom stereocenters. The summed E-state index contributed by atoms with van der Waals surface area (Å²) in [4.78, 5) is 0. The first-order valence-corrected chi connectivity index (χ1v) is 7.27. The van der Waals surface area contributed by atoms with E-state index in [1.54, 1.807) is 6.26 Å². The Morgan fingerprint density at radius 3 is 2.79 bits per heavy atom. The monoisotopic (exact) mass is 257 g/mol. The van der Waals surface area contributed by atoms with Crippen molar-refractivity contribution in [1.82, 2.24) is 5.32 Å². The van der Waals surface area contributed by atoms with Crippen molar-refractivity contribution in [3.8, 4) is 5.75 Å². The van der Waals surface area contributed by atoms with Gasteiger partial charge in [0, 0.05) is 23.5 Å². The minimum absolute atomic E-state index is 0.351. The second-order valence-corrected chi connectivity index (χ2v) is 5.82. The Morgan fingerprint density at radius 2 is 1.95 bits per heavy atom. The van der Waals surface area contributed by atoms with E-state index in [0.29, 0.717) is 18.2 Å². The molecule has 1 aromatic carbocycles. The van der Waals surface area contributed by atoms with E-state index in [-0.39, 0.29) is 0 Å². The largest absolute Gasteiger partial charge is 0.490 e. The van der Waals surface area contributed by atoms with Gasteiger partial charge >= 0.3 is 0 Å². The van der Waals surface area contributed by atoms with Crippen molar-refractivity contribution in [1.29, 1.82) is 0 Å². The molecule has 1 aromatic heterocycles. The lowest BCUT2D eigenvalue weighted by atomic mass is 9.85. The fraction of sp³-hybridized carbons (Fsp3) is 0.500. The number of benzene rings is 1. The molecule has 2 bridgehead atoms. The van der Waals surface area contributed by atoms with Gasteiger partial charge in [0.15, 0.2) is 0 Å². The smallest absolute Gasteiger partial charge is 0.137 e. The summed E-state index contributed by atoms with van der Waals surface area (Å²) in [6.07, 6.45) is 8.31. The van der Waals surface area contributed by atoms with Crippen molar-refractivity contribution < 1.29 is 9.15 Å². The Hall–Kier alpha value is -1.48. The molecular weight excluding hydrogens is 238 g/mol. The van der Waals surface area contributed by atoms with E-state index >= 15 is 0 Å². The summed E-state index contributed by atoms with van der Waals surface area (Å²) in [6.45, 7) is 0. The number of hydrogen-bond donors (Lipinski definition) is 1. The minimum Gasteiger partial charge on any atom is -0.490 e. The molecule has 2 aromatic rings. The van der Waals surface area contributed by atoms with Crippen LogP contribution in [0.25, 0.3) is 11.0 Å². The van der Waals surface area contributed by atoms with Crippen LogP contribution >= 0.6 is 0 Å². The van der Waals surface area contributed by atoms with Crippen molar-refractivity contribution >= 4 is 11.0 Å². The molecule has 2 fully saturated rings. The van der Waals surface area contributed by atoms with Crippen LogP contribution in [0.15, 0.2) is 34.9 Å². The molecule has 1 N–H and O–H groups in total. The first-order valence-electron chi connectivity index (χ1n) is 7.27. The van der Waals surface area contributed by atoms with Crippen LogP contribution in [-0.2, 0) is 0 Å². The molecule has 0 radical (unpaired) electrons. The van der Waals surface area contributed by atoms with Crippen LogP contribution in [0, 0.1) is 0 Å². The summed E-state index contributed by atoms with van der Waals surface area (Å²) in [7, 11) is 0. The fourth-order valence-electron chi connectivity index (χ4n) is 3.51. The molecule has 19 heavy (non-hydrogen) atoms. The number of hydrogen-bond acceptors (Lipinski definition) is 3. The third-order valence-corrected chi connectivity index (χ3v) is 4.40. The van der Waals surface area contributed by atoms with E-state index in [9.17, 15) is 0 Å². The molecule has 2 aliphatic rings. The summed E-state index contributed by atoms with van der Waals surface area (Å²) in [5.41, 5.74) is 0.909. The van der Waals surface area contributed by atoms with E-state index in [1.165, 1.54) is 19.3 Å². The van der Waals surface area contributed by atoms with Gasteiger partial charge in [-0.25, -0.2) is 0 Å². The van der Waals surface area contributed by atoms with Gasteiger partial charge < -0.3 is 14.5 Å². The highest BCUT2D eigenvalue weighted by Gasteiger charge is 2.32. The molecule has 2 aliphatic heterocycles. The van der Waals surface area contributed by atoms with Crippen LogP contribution in [0.1, 0.15) is 32.1 Å². The molecule has 4 rings (SSSR count). The Kier molecular flexibility index (Phi) is 2.73. The average Bonchev–Trinajstić information content (AvgIpc) is 2.85. The van der Waals surface area contributed by atoms with Crippen molar-refractivity contribution in [3.63, 3.8) is 0 Å². The molecule has 100 valence electrons. The number of rotatable bonds is 2. The second-order valence-electron chi connectivity index (χ2n) is 5.82. The second kappa shape index (κ2) is 4.57. The Balaban J connectivity index is 1.51. The SMILES string of the molecule is c1cc2ccc(OC3CC4CCCC(C3)N4)cc2o1. The van der Waals surface area contributed by atoms with Crippen LogP contribution in [0.2, 0.25) is 0 Å². The third-order valence-electron chi connectivity index (χ3n) is 4.40. The minimum atomic E-state index is 0.351. The van der Waals surface area contributed by atoms with Gasteiger partial charge in [0.2, 0.25) is 0 Å². The van der Waals surface area contributed by atoms with E-state index < -0.39 is 0 Å². The van der Waals surface area contributed by atoms with Crippen LogP contribution in [-0.4, -0.2) is 18.2 Å². The molecule has 0 saturated carbocycles. The number of piperidine rings is 2. The highest BCUT2D eigenvalue weighted by Crippen LogP contribution is 2.30. The molecule has 2 saturated heterocycles. The van der Waals surface area contributed by atoms with E-state index in [1.807, 2.05) is 12.1 Å². The molecule has 2 atom stereocenters. The highest BCUT2D eigenvalue weighted by molar-refractivity contribution is 5.78. The fourth-order valence-corrected chi connectivity index (χ4v) is 3.51. The van der Waals surface area contributed by atoms with Gasteiger partial charge in [-0.05, 0) is 43.9 Å². The zero-order chi connectivity index (χ0) is 12.7. The summed E-state index contributed by atoms with van der Waals surface area (Å²) in [5.74, 6) is 0.937. The maximum atomic E-state index is 6.17. The van der Waals surface area contributed by atoms with Gasteiger partial charge in [0.1, 0.15) is 17.4 Å². The van der Waals surface area contributed by atoms with Crippen molar-refractivity contribution in [3.05, 3.63) is 30.5 Å². The first-order chi connectivity index (χ1) is 9.37. The lowest BCUT2D eigenvalue weighted by molar-refractivity contribution is 0.0928. The predicted molar refractivity (Wildman–Crippen MR) is 74.4 cm³/mol. The molecule has 0 spiro atoms. The number of furan rings is 1. The van der Waals surface area contributed by atoms with Gasteiger partial charge in [-0.15, -0.1) is 0 Å². The molecular formula is C16H19NO2. The first kappa shape index (κ1) is 11.4. The standard InChI is InChI=1S/C16H19NO2/c1-2-12-8-15(9-13(3-1)17-12)19-14-5-4-11-6-7-18-16(11)10-14/h4-7,10,12-13,15,17H,1-3,8-9H2. The molecule has 0 amide bonds. The zero-order valence-corrected chi connectivity index (χ0v) is 11.0. The van der Waals surface area contributed by atoms with E-state index in [4.69, 9.17) is 9.15 Å².